The molecule has 0 bridgehead atoms. The van der Waals surface area contributed by atoms with E-state index in [9.17, 15) is 14.7 Å². The summed E-state index contributed by atoms with van der Waals surface area (Å²) in [5.74, 6) is -1.85. The van der Waals surface area contributed by atoms with Crippen molar-refractivity contribution in [2.24, 2.45) is 5.92 Å². The van der Waals surface area contributed by atoms with Crippen molar-refractivity contribution in [3.8, 4) is 0 Å². The number of unbranched alkanes of at least 4 members (excludes halogenated alkanes) is 1. The summed E-state index contributed by atoms with van der Waals surface area (Å²) in [6.07, 6.45) is 0.597. The van der Waals surface area contributed by atoms with Crippen molar-refractivity contribution >= 4 is 35.1 Å². The highest BCUT2D eigenvalue weighted by atomic mass is 35.5. The number of hydrogen-bond donors (Lipinski definition) is 2. The zero-order valence-electron chi connectivity index (χ0n) is 19.6. The second-order valence-electron chi connectivity index (χ2n) is 8.64. The lowest BCUT2D eigenvalue weighted by atomic mass is 9.83. The fourth-order valence-corrected chi connectivity index (χ4v) is 4.82. The predicted octanol–water partition coefficient (Wildman–Crippen LogP) is 2.60. The van der Waals surface area contributed by atoms with Gasteiger partial charge in [-0.05, 0) is 52.4 Å². The maximum atomic E-state index is 13.0. The summed E-state index contributed by atoms with van der Waals surface area (Å²) in [5.41, 5.74) is 0.883. The smallest absolute Gasteiger partial charge is 0.328 e. The molecule has 1 amide bonds. The Morgan fingerprint density at radius 2 is 1.91 bits per heavy atom. The molecule has 0 aromatic heterocycles. The van der Waals surface area contributed by atoms with Crippen molar-refractivity contribution in [3.05, 3.63) is 35.9 Å². The molecule has 9 heteroatoms. The van der Waals surface area contributed by atoms with Crippen LogP contribution in [0.15, 0.2) is 30.3 Å². The van der Waals surface area contributed by atoms with Crippen LogP contribution in [0, 0.1) is 5.92 Å². The van der Waals surface area contributed by atoms with Crippen LogP contribution < -0.4 is 5.32 Å². The van der Waals surface area contributed by atoms with Crippen LogP contribution in [0.1, 0.15) is 31.7 Å². The van der Waals surface area contributed by atoms with Gasteiger partial charge in [0.1, 0.15) is 6.04 Å². The van der Waals surface area contributed by atoms with E-state index in [1.807, 2.05) is 44.4 Å². The van der Waals surface area contributed by atoms with Crippen LogP contribution in [-0.4, -0.2) is 84.7 Å². The van der Waals surface area contributed by atoms with Gasteiger partial charge in [-0.25, -0.2) is 4.79 Å². The SMILES string of the molecule is CCOC(=O)[C@@H](Cc1ccccc1)NC(=O)C1CC(Cl)C(OCCCCN(C)C)C(Cl)C1O. The van der Waals surface area contributed by atoms with Gasteiger partial charge in [-0.3, -0.25) is 4.79 Å². The van der Waals surface area contributed by atoms with Gasteiger partial charge in [-0.1, -0.05) is 30.3 Å². The number of halogens is 2. The van der Waals surface area contributed by atoms with Crippen molar-refractivity contribution in [3.63, 3.8) is 0 Å². The molecule has 1 aromatic carbocycles. The molecule has 0 radical (unpaired) electrons. The van der Waals surface area contributed by atoms with Crippen LogP contribution in [0.4, 0.5) is 0 Å². The number of carbonyl (C=O) groups is 2. The molecule has 0 saturated heterocycles. The number of nitrogens with one attached hydrogen (secondary N) is 1. The van der Waals surface area contributed by atoms with Gasteiger partial charge in [0, 0.05) is 13.0 Å². The van der Waals surface area contributed by atoms with Crippen LogP contribution in [0.25, 0.3) is 0 Å². The van der Waals surface area contributed by atoms with E-state index >= 15 is 0 Å². The fraction of sp³-hybridized carbons (Fsp3) is 0.667. The molecule has 7 nitrogen and oxygen atoms in total. The van der Waals surface area contributed by atoms with E-state index in [2.05, 4.69) is 10.2 Å². The third-order valence-electron chi connectivity index (χ3n) is 5.70. The Balaban J connectivity index is 1.97. The summed E-state index contributed by atoms with van der Waals surface area (Å²) in [4.78, 5) is 27.6. The summed E-state index contributed by atoms with van der Waals surface area (Å²) in [7, 11) is 4.03. The average molecular weight is 503 g/mol. The van der Waals surface area contributed by atoms with E-state index in [0.717, 1.165) is 24.9 Å². The monoisotopic (exact) mass is 502 g/mol. The topological polar surface area (TPSA) is 88.1 Å². The third-order valence-corrected chi connectivity index (χ3v) is 6.64. The van der Waals surface area contributed by atoms with E-state index in [1.165, 1.54) is 0 Å². The van der Waals surface area contributed by atoms with Crippen molar-refractivity contribution in [2.75, 3.05) is 33.9 Å². The lowest BCUT2D eigenvalue weighted by molar-refractivity contribution is -0.149. The molecular weight excluding hydrogens is 467 g/mol. The maximum absolute atomic E-state index is 13.0. The number of hydrogen-bond acceptors (Lipinski definition) is 6. The standard InChI is InChI=1S/C24H36Cl2N2O5/c1-4-32-24(31)19(14-16-10-6-5-7-11-16)27-23(30)17-15-18(25)22(20(26)21(17)29)33-13-9-8-12-28(2)3/h5-7,10-11,17-22,29H,4,8-9,12-15H2,1-3H3,(H,27,30)/t17?,18?,19-,20?,21?,22?/m1/s1. The number of alkyl halides is 2. The van der Waals surface area contributed by atoms with Crippen molar-refractivity contribution in [1.82, 2.24) is 10.2 Å². The Kier molecular flexibility index (Phi) is 11.9. The molecule has 1 aliphatic rings. The highest BCUT2D eigenvalue weighted by Crippen LogP contribution is 2.34. The van der Waals surface area contributed by atoms with Gasteiger partial charge < -0.3 is 24.8 Å². The highest BCUT2D eigenvalue weighted by Gasteiger charge is 2.46. The quantitative estimate of drug-likeness (QED) is 0.259. The van der Waals surface area contributed by atoms with Gasteiger partial charge in [-0.15, -0.1) is 23.2 Å². The number of carbonyl (C=O) groups excluding carboxylic acids is 2. The molecular formula is C24H36Cl2N2O5. The Labute approximate surface area is 206 Å². The molecule has 1 aromatic rings. The third kappa shape index (κ3) is 8.72. The zero-order valence-corrected chi connectivity index (χ0v) is 21.1. The molecule has 186 valence electrons. The van der Waals surface area contributed by atoms with E-state index in [4.69, 9.17) is 32.7 Å². The summed E-state index contributed by atoms with van der Waals surface area (Å²) >= 11 is 13.0. The minimum atomic E-state index is -1.15. The Bertz CT molecular complexity index is 737. The van der Waals surface area contributed by atoms with Gasteiger partial charge >= 0.3 is 5.97 Å². The highest BCUT2D eigenvalue weighted by molar-refractivity contribution is 6.25. The maximum Gasteiger partial charge on any atom is 0.328 e. The largest absolute Gasteiger partial charge is 0.464 e. The molecule has 2 rings (SSSR count). The molecule has 5 unspecified atom stereocenters. The second kappa shape index (κ2) is 14.1. The lowest BCUT2D eigenvalue weighted by Crippen LogP contribution is -2.56. The second-order valence-corrected chi connectivity index (χ2v) is 9.71. The molecule has 0 spiro atoms. The molecule has 0 heterocycles. The molecule has 33 heavy (non-hydrogen) atoms. The Morgan fingerprint density at radius 3 is 2.55 bits per heavy atom. The minimum Gasteiger partial charge on any atom is -0.464 e. The minimum absolute atomic E-state index is 0.195. The summed E-state index contributed by atoms with van der Waals surface area (Å²) < 4.78 is 11.0. The number of benzene rings is 1. The van der Waals surface area contributed by atoms with Crippen LogP contribution in [0.2, 0.25) is 0 Å². The van der Waals surface area contributed by atoms with Gasteiger partial charge in [-0.2, -0.15) is 0 Å². The Hall–Kier alpha value is -1.38. The number of aliphatic hydroxyl groups is 1. The van der Waals surface area contributed by atoms with Gasteiger partial charge in [0.05, 0.1) is 35.5 Å². The number of rotatable bonds is 12. The van der Waals surface area contributed by atoms with Gasteiger partial charge in [0.2, 0.25) is 5.91 Å². The fourth-order valence-electron chi connectivity index (χ4n) is 3.90. The predicted molar refractivity (Wildman–Crippen MR) is 130 cm³/mol. The molecule has 6 atom stereocenters. The summed E-state index contributed by atoms with van der Waals surface area (Å²) in [6.45, 7) is 3.35. The normalized spacial score (nSPS) is 26.1. The van der Waals surface area contributed by atoms with Crippen LogP contribution >= 0.6 is 23.2 Å². The zero-order chi connectivity index (χ0) is 24.4. The number of aliphatic hydroxyl groups excluding tert-OH is 1. The van der Waals surface area contributed by atoms with Crippen LogP contribution in [0.5, 0.6) is 0 Å². The first kappa shape index (κ1) is 27.9. The number of esters is 1. The number of amides is 1. The number of nitrogens with zero attached hydrogens (tertiary/aromatic N) is 1. The van der Waals surface area contributed by atoms with Gasteiger partial charge in [0.25, 0.3) is 0 Å². The lowest BCUT2D eigenvalue weighted by Gasteiger charge is -2.39. The van der Waals surface area contributed by atoms with Crippen LogP contribution in [-0.2, 0) is 25.5 Å². The summed E-state index contributed by atoms with van der Waals surface area (Å²) in [6, 6.07) is 8.47. The first-order valence-corrected chi connectivity index (χ1v) is 12.3. The van der Waals surface area contributed by atoms with E-state index < -0.39 is 46.8 Å². The van der Waals surface area contributed by atoms with E-state index in [1.54, 1.807) is 6.92 Å². The van der Waals surface area contributed by atoms with Gasteiger partial charge in [0.15, 0.2) is 0 Å². The van der Waals surface area contributed by atoms with Crippen molar-refractivity contribution in [2.45, 2.75) is 61.6 Å². The molecule has 1 fully saturated rings. The first-order valence-electron chi connectivity index (χ1n) is 11.5. The Morgan fingerprint density at radius 1 is 1.21 bits per heavy atom. The number of ether oxygens (including phenoxy) is 2. The van der Waals surface area contributed by atoms with E-state index in [-0.39, 0.29) is 19.4 Å². The molecule has 1 aliphatic carbocycles. The molecule has 1 saturated carbocycles. The van der Waals surface area contributed by atoms with Crippen LogP contribution in [0.3, 0.4) is 0 Å². The molecule has 2 N–H and O–H groups in total. The van der Waals surface area contributed by atoms with Crippen molar-refractivity contribution in [1.29, 1.82) is 0 Å². The van der Waals surface area contributed by atoms with E-state index in [0.29, 0.717) is 6.61 Å². The van der Waals surface area contributed by atoms with Crippen molar-refractivity contribution < 1.29 is 24.2 Å². The first-order chi connectivity index (χ1) is 15.7. The summed E-state index contributed by atoms with van der Waals surface area (Å²) in [5, 5.41) is 12.1. The average Bonchev–Trinajstić information content (AvgIpc) is 2.78. The molecule has 0 aliphatic heterocycles.